The Morgan fingerprint density at radius 1 is 1.10 bits per heavy atom. The molecule has 0 fully saturated rings. The van der Waals surface area contributed by atoms with Gasteiger partial charge in [0, 0.05) is 0 Å². The van der Waals surface area contributed by atoms with Gasteiger partial charge in [0.1, 0.15) is 0 Å². The van der Waals surface area contributed by atoms with Gasteiger partial charge < -0.3 is 5.11 Å². The van der Waals surface area contributed by atoms with Crippen LogP contribution in [-0.4, -0.2) is 24.0 Å². The summed E-state index contributed by atoms with van der Waals surface area (Å²) in [6, 6.07) is 5.37. The number of carbonyl (C=O) groups is 1. The zero-order valence-corrected chi connectivity index (χ0v) is 13.0. The van der Waals surface area contributed by atoms with Gasteiger partial charge in [0.05, 0.1) is 10.8 Å². The zero-order chi connectivity index (χ0) is 15.9. The van der Waals surface area contributed by atoms with E-state index in [0.717, 1.165) is 32.1 Å². The molecule has 1 aromatic carbocycles. The van der Waals surface area contributed by atoms with Crippen molar-refractivity contribution in [2.24, 2.45) is 0 Å². The molecular formula is C15H22O5S. The van der Waals surface area contributed by atoms with E-state index >= 15 is 0 Å². The third-order valence-corrected chi connectivity index (χ3v) is 4.34. The molecule has 0 amide bonds. The van der Waals surface area contributed by atoms with Crippen molar-refractivity contribution in [3.63, 3.8) is 0 Å². The molecule has 0 aliphatic rings. The Labute approximate surface area is 125 Å². The maximum absolute atomic E-state index is 11.3. The average Bonchev–Trinajstić information content (AvgIpc) is 2.41. The summed E-state index contributed by atoms with van der Waals surface area (Å²) in [6.07, 6.45) is 5.76. The smallest absolute Gasteiger partial charge is 0.310 e. The second kappa shape index (κ2) is 8.14. The summed E-state index contributed by atoms with van der Waals surface area (Å²) in [7, 11) is -4.24. The van der Waals surface area contributed by atoms with Crippen LogP contribution in [0.25, 0.3) is 0 Å². The molecule has 0 heterocycles. The summed E-state index contributed by atoms with van der Waals surface area (Å²) in [5, 5.41) is 9.29. The van der Waals surface area contributed by atoms with Crippen molar-refractivity contribution in [1.29, 1.82) is 0 Å². The van der Waals surface area contributed by atoms with Crippen LogP contribution >= 0.6 is 0 Å². The number of rotatable bonds is 9. The molecule has 0 aromatic heterocycles. The fourth-order valence-corrected chi connectivity index (χ4v) is 2.74. The van der Waals surface area contributed by atoms with Crippen LogP contribution in [0, 0.1) is 0 Å². The van der Waals surface area contributed by atoms with E-state index in [1.165, 1.54) is 24.3 Å². The minimum atomic E-state index is -4.24. The molecule has 0 aliphatic heterocycles. The van der Waals surface area contributed by atoms with E-state index in [2.05, 4.69) is 6.92 Å². The van der Waals surface area contributed by atoms with Gasteiger partial charge >= 0.3 is 5.97 Å². The summed E-state index contributed by atoms with van der Waals surface area (Å²) < 4.78 is 30.8. The fourth-order valence-electron chi connectivity index (χ4n) is 2.26. The maximum Gasteiger partial charge on any atom is 0.310 e. The molecule has 1 unspecified atom stereocenters. The number of carboxylic acids is 1. The number of carboxylic acid groups (broad SMARTS) is 1. The molecule has 118 valence electrons. The lowest BCUT2D eigenvalue weighted by atomic mass is 9.93. The second-order valence-electron chi connectivity index (χ2n) is 5.14. The molecule has 5 nitrogen and oxygen atoms in total. The van der Waals surface area contributed by atoms with Gasteiger partial charge in [-0.1, -0.05) is 51.2 Å². The molecule has 0 radical (unpaired) electrons. The van der Waals surface area contributed by atoms with E-state index in [4.69, 9.17) is 4.55 Å². The molecule has 1 rings (SSSR count). The maximum atomic E-state index is 11.3. The molecule has 1 aromatic rings. The van der Waals surface area contributed by atoms with Gasteiger partial charge in [-0.15, -0.1) is 0 Å². The lowest BCUT2D eigenvalue weighted by molar-refractivity contribution is -0.139. The lowest BCUT2D eigenvalue weighted by Crippen LogP contribution is -2.12. The molecule has 6 heteroatoms. The molecule has 0 aliphatic carbocycles. The third-order valence-electron chi connectivity index (χ3n) is 3.47. The number of benzene rings is 1. The summed E-state index contributed by atoms with van der Waals surface area (Å²) in [4.78, 5) is 11.1. The van der Waals surface area contributed by atoms with Gasteiger partial charge in [0.25, 0.3) is 10.1 Å². The number of aliphatic carboxylic acids is 1. The van der Waals surface area contributed by atoms with Gasteiger partial charge in [-0.2, -0.15) is 8.42 Å². The Hall–Kier alpha value is -1.40. The highest BCUT2D eigenvalue weighted by atomic mass is 32.2. The Morgan fingerprint density at radius 3 is 2.14 bits per heavy atom. The van der Waals surface area contributed by atoms with Crippen LogP contribution in [0.1, 0.15) is 56.9 Å². The number of unbranched alkanes of at least 4 members (excludes halogenated alkanes) is 4. The molecule has 1 atom stereocenters. The molecule has 0 saturated heterocycles. The van der Waals surface area contributed by atoms with Gasteiger partial charge in [-0.3, -0.25) is 9.35 Å². The third kappa shape index (κ3) is 5.85. The minimum Gasteiger partial charge on any atom is -0.481 e. The largest absolute Gasteiger partial charge is 0.481 e. The standard InChI is InChI=1S/C15H22O5S/c1-2-3-4-5-6-7-14(15(16)17)12-8-10-13(11-9-12)21(18,19)20/h8-11,14H,2-7H2,1H3,(H,16,17)(H,18,19,20). The number of hydrogen-bond acceptors (Lipinski definition) is 3. The topological polar surface area (TPSA) is 91.7 Å². The summed E-state index contributed by atoms with van der Waals surface area (Å²) in [5.41, 5.74) is 0.561. The van der Waals surface area contributed by atoms with Gasteiger partial charge in [-0.25, -0.2) is 0 Å². The van der Waals surface area contributed by atoms with E-state index in [-0.39, 0.29) is 4.90 Å². The Morgan fingerprint density at radius 2 is 1.67 bits per heavy atom. The van der Waals surface area contributed by atoms with Crippen LogP contribution in [0.3, 0.4) is 0 Å². The average molecular weight is 314 g/mol. The Bertz CT molecular complexity index is 548. The summed E-state index contributed by atoms with van der Waals surface area (Å²) in [5.74, 6) is -1.55. The molecule has 21 heavy (non-hydrogen) atoms. The minimum absolute atomic E-state index is 0.224. The molecule has 0 bridgehead atoms. The first-order valence-corrected chi connectivity index (χ1v) is 8.60. The lowest BCUT2D eigenvalue weighted by Gasteiger charge is -2.13. The van der Waals surface area contributed by atoms with Crippen molar-refractivity contribution < 1.29 is 22.9 Å². The first-order chi connectivity index (χ1) is 9.86. The van der Waals surface area contributed by atoms with Crippen molar-refractivity contribution in [3.8, 4) is 0 Å². The predicted octanol–water partition coefficient (Wildman–Crippen LogP) is 3.46. The van der Waals surface area contributed by atoms with E-state index in [0.29, 0.717) is 12.0 Å². The second-order valence-corrected chi connectivity index (χ2v) is 6.56. The predicted molar refractivity (Wildman–Crippen MR) is 80.0 cm³/mol. The van der Waals surface area contributed by atoms with Gasteiger partial charge in [0.15, 0.2) is 0 Å². The van der Waals surface area contributed by atoms with Crippen molar-refractivity contribution in [3.05, 3.63) is 29.8 Å². The Kier molecular flexibility index (Phi) is 6.84. The monoisotopic (exact) mass is 314 g/mol. The highest BCUT2D eigenvalue weighted by Gasteiger charge is 2.20. The molecule has 0 spiro atoms. The molecular weight excluding hydrogens is 292 g/mol. The van der Waals surface area contributed by atoms with E-state index in [1.54, 1.807) is 0 Å². The number of hydrogen-bond donors (Lipinski definition) is 2. The Balaban J connectivity index is 2.70. The zero-order valence-electron chi connectivity index (χ0n) is 12.2. The highest BCUT2D eigenvalue weighted by Crippen LogP contribution is 2.24. The van der Waals surface area contributed by atoms with Crippen LogP contribution in [0.15, 0.2) is 29.2 Å². The highest BCUT2D eigenvalue weighted by molar-refractivity contribution is 7.85. The first kappa shape index (κ1) is 17.7. The van der Waals surface area contributed by atoms with Crippen LogP contribution in [0.5, 0.6) is 0 Å². The van der Waals surface area contributed by atoms with Crippen molar-refractivity contribution in [1.82, 2.24) is 0 Å². The van der Waals surface area contributed by atoms with Crippen LogP contribution in [0.4, 0.5) is 0 Å². The fraction of sp³-hybridized carbons (Fsp3) is 0.533. The van der Waals surface area contributed by atoms with Crippen molar-refractivity contribution >= 4 is 16.1 Å². The van der Waals surface area contributed by atoms with Gasteiger partial charge in [-0.05, 0) is 24.1 Å². The normalized spacial score (nSPS) is 13.0. The van der Waals surface area contributed by atoms with E-state index in [1.807, 2.05) is 0 Å². The molecule has 2 N–H and O–H groups in total. The summed E-state index contributed by atoms with van der Waals surface area (Å²) >= 11 is 0. The van der Waals surface area contributed by atoms with Gasteiger partial charge in [0.2, 0.25) is 0 Å². The first-order valence-electron chi connectivity index (χ1n) is 7.16. The SMILES string of the molecule is CCCCCCCC(C(=O)O)c1ccc(S(=O)(=O)O)cc1. The molecule has 0 saturated carbocycles. The van der Waals surface area contributed by atoms with E-state index < -0.39 is 22.0 Å². The van der Waals surface area contributed by atoms with Crippen LogP contribution in [-0.2, 0) is 14.9 Å². The van der Waals surface area contributed by atoms with Crippen molar-refractivity contribution in [2.75, 3.05) is 0 Å². The van der Waals surface area contributed by atoms with Crippen LogP contribution < -0.4 is 0 Å². The quantitative estimate of drug-likeness (QED) is 0.538. The van der Waals surface area contributed by atoms with Crippen LogP contribution in [0.2, 0.25) is 0 Å². The van der Waals surface area contributed by atoms with E-state index in [9.17, 15) is 18.3 Å². The van der Waals surface area contributed by atoms with Crippen molar-refractivity contribution in [2.45, 2.75) is 56.3 Å². The summed E-state index contributed by atoms with van der Waals surface area (Å²) in [6.45, 7) is 2.12.